The Morgan fingerprint density at radius 2 is 2.00 bits per heavy atom. The molecule has 2 unspecified atom stereocenters. The van der Waals surface area contributed by atoms with Gasteiger partial charge in [-0.05, 0) is 24.7 Å². The smallest absolute Gasteiger partial charge is 0.244 e. The number of carbonyl (C=O) groups is 1. The van der Waals surface area contributed by atoms with Crippen molar-refractivity contribution in [2.45, 2.75) is 49.6 Å². The summed E-state index contributed by atoms with van der Waals surface area (Å²) in [5.41, 5.74) is 0.904. The molecule has 1 N–H and O–H groups in total. The molecular weight excluding hydrogens is 280 g/mol. The predicted molar refractivity (Wildman–Crippen MR) is 88.2 cm³/mol. The highest BCUT2D eigenvalue weighted by Crippen LogP contribution is 2.41. The van der Waals surface area contributed by atoms with E-state index in [1.807, 2.05) is 17.8 Å². The molecule has 1 spiro atoms. The molecule has 3 rings (SSSR count). The van der Waals surface area contributed by atoms with E-state index in [1.54, 1.807) is 0 Å². The predicted octanol–water partition coefficient (Wildman–Crippen LogP) is 3.18. The molecule has 0 bridgehead atoms. The first-order valence-corrected chi connectivity index (χ1v) is 9.11. The Labute approximate surface area is 131 Å². The van der Waals surface area contributed by atoms with Crippen molar-refractivity contribution in [1.29, 1.82) is 0 Å². The molecule has 1 aliphatic carbocycles. The summed E-state index contributed by atoms with van der Waals surface area (Å²) in [4.78, 5) is 15.1. The number of rotatable bonds is 4. The van der Waals surface area contributed by atoms with E-state index in [1.165, 1.54) is 5.56 Å². The topological polar surface area (TPSA) is 32.3 Å². The maximum Gasteiger partial charge on any atom is 0.244 e. The van der Waals surface area contributed by atoms with E-state index in [4.69, 9.17) is 0 Å². The molecule has 4 heteroatoms. The molecule has 0 radical (unpaired) electrons. The molecule has 1 saturated heterocycles. The lowest BCUT2D eigenvalue weighted by atomic mass is 9.98. The summed E-state index contributed by atoms with van der Waals surface area (Å²) in [5.74, 6) is 0.315. The van der Waals surface area contributed by atoms with Gasteiger partial charge in [0.1, 0.15) is 6.17 Å². The van der Waals surface area contributed by atoms with Crippen LogP contribution in [0.1, 0.15) is 44.3 Å². The van der Waals surface area contributed by atoms with Gasteiger partial charge >= 0.3 is 0 Å². The second-order valence-electron chi connectivity index (χ2n) is 6.25. The average molecular weight is 304 g/mol. The number of amides is 1. The lowest BCUT2D eigenvalue weighted by Crippen LogP contribution is -2.44. The van der Waals surface area contributed by atoms with Gasteiger partial charge in [-0.25, -0.2) is 0 Å². The standard InChI is InChI=1S/C17H24N2OS/c1-13(21-2)12-19-15(14-8-4-3-5-9-14)18-17(16(19)20)10-6-7-11-17/h3-5,8-9,13,15,18H,6-7,10-12H2,1-2H3. The van der Waals surface area contributed by atoms with Gasteiger partial charge in [0, 0.05) is 11.8 Å². The van der Waals surface area contributed by atoms with E-state index in [0.717, 1.165) is 32.2 Å². The fourth-order valence-electron chi connectivity index (χ4n) is 3.57. The number of hydrogen-bond donors (Lipinski definition) is 1. The van der Waals surface area contributed by atoms with Crippen LogP contribution in [0.2, 0.25) is 0 Å². The third-order valence-corrected chi connectivity index (χ3v) is 5.78. The summed E-state index contributed by atoms with van der Waals surface area (Å²) in [5, 5.41) is 4.14. The number of carbonyl (C=O) groups excluding carboxylic acids is 1. The van der Waals surface area contributed by atoms with E-state index in [2.05, 4.69) is 47.7 Å². The zero-order valence-corrected chi connectivity index (χ0v) is 13.7. The maximum atomic E-state index is 13.0. The minimum Gasteiger partial charge on any atom is -0.320 e. The summed E-state index contributed by atoms with van der Waals surface area (Å²) in [7, 11) is 0. The first kappa shape index (κ1) is 14.9. The van der Waals surface area contributed by atoms with Crippen molar-refractivity contribution >= 4 is 17.7 Å². The van der Waals surface area contributed by atoms with Crippen molar-refractivity contribution in [1.82, 2.24) is 10.2 Å². The van der Waals surface area contributed by atoms with Crippen LogP contribution in [-0.2, 0) is 4.79 Å². The molecule has 1 aromatic carbocycles. The van der Waals surface area contributed by atoms with Gasteiger partial charge in [-0.2, -0.15) is 11.8 Å². The van der Waals surface area contributed by atoms with Crippen LogP contribution in [-0.4, -0.2) is 34.4 Å². The molecule has 1 aliphatic heterocycles. The van der Waals surface area contributed by atoms with Gasteiger partial charge in [-0.1, -0.05) is 50.1 Å². The van der Waals surface area contributed by atoms with Crippen molar-refractivity contribution in [3.05, 3.63) is 35.9 Å². The average Bonchev–Trinajstić information content (AvgIpc) is 3.09. The quantitative estimate of drug-likeness (QED) is 0.927. The molecule has 114 valence electrons. The Kier molecular flexibility index (Phi) is 4.27. The Hall–Kier alpha value is -1.00. The summed E-state index contributed by atoms with van der Waals surface area (Å²) in [6, 6.07) is 10.4. The van der Waals surface area contributed by atoms with E-state index in [0.29, 0.717) is 11.2 Å². The Balaban J connectivity index is 1.90. The first-order valence-electron chi connectivity index (χ1n) is 7.83. The van der Waals surface area contributed by atoms with Gasteiger partial charge in [0.25, 0.3) is 0 Å². The van der Waals surface area contributed by atoms with Crippen LogP contribution < -0.4 is 5.32 Å². The lowest BCUT2D eigenvalue weighted by Gasteiger charge is -2.26. The molecule has 1 heterocycles. The van der Waals surface area contributed by atoms with Crippen LogP contribution in [0.15, 0.2) is 30.3 Å². The Morgan fingerprint density at radius 1 is 1.33 bits per heavy atom. The molecule has 2 atom stereocenters. The fraction of sp³-hybridized carbons (Fsp3) is 0.588. The Morgan fingerprint density at radius 3 is 2.62 bits per heavy atom. The molecule has 3 nitrogen and oxygen atoms in total. The molecular formula is C17H24N2OS. The Bertz CT molecular complexity index is 499. The summed E-state index contributed by atoms with van der Waals surface area (Å²) >= 11 is 1.82. The highest BCUT2D eigenvalue weighted by atomic mass is 32.2. The third kappa shape index (κ3) is 2.71. The van der Waals surface area contributed by atoms with Gasteiger partial charge in [-0.3, -0.25) is 10.1 Å². The van der Waals surface area contributed by atoms with Gasteiger partial charge in [-0.15, -0.1) is 0 Å². The molecule has 1 saturated carbocycles. The highest BCUT2D eigenvalue weighted by Gasteiger charge is 2.52. The molecule has 21 heavy (non-hydrogen) atoms. The second-order valence-corrected chi connectivity index (χ2v) is 7.53. The van der Waals surface area contributed by atoms with Crippen molar-refractivity contribution in [2.24, 2.45) is 0 Å². The normalized spacial score (nSPS) is 25.7. The molecule has 0 aromatic heterocycles. The third-order valence-electron chi connectivity index (χ3n) is 4.82. The van der Waals surface area contributed by atoms with E-state index < -0.39 is 0 Å². The SMILES string of the molecule is CSC(C)CN1C(=O)C2(CCCC2)NC1c1ccccc1. The van der Waals surface area contributed by atoms with Crippen LogP contribution in [0.5, 0.6) is 0 Å². The minimum absolute atomic E-state index is 0.0337. The molecule has 2 fully saturated rings. The maximum absolute atomic E-state index is 13.0. The summed E-state index contributed by atoms with van der Waals surface area (Å²) in [6.45, 7) is 3.01. The van der Waals surface area contributed by atoms with E-state index in [9.17, 15) is 4.79 Å². The van der Waals surface area contributed by atoms with Crippen LogP contribution >= 0.6 is 11.8 Å². The number of nitrogens with one attached hydrogen (secondary N) is 1. The summed E-state index contributed by atoms with van der Waals surface area (Å²) in [6.07, 6.45) is 6.43. The van der Waals surface area contributed by atoms with E-state index >= 15 is 0 Å². The van der Waals surface area contributed by atoms with Gasteiger partial charge in [0.15, 0.2) is 0 Å². The molecule has 1 aromatic rings. The monoisotopic (exact) mass is 304 g/mol. The number of hydrogen-bond acceptors (Lipinski definition) is 3. The first-order chi connectivity index (χ1) is 10.2. The lowest BCUT2D eigenvalue weighted by molar-refractivity contribution is -0.133. The largest absolute Gasteiger partial charge is 0.320 e. The van der Waals surface area contributed by atoms with Crippen LogP contribution in [0.4, 0.5) is 0 Å². The van der Waals surface area contributed by atoms with Crippen molar-refractivity contribution in [3.8, 4) is 0 Å². The van der Waals surface area contributed by atoms with Gasteiger partial charge in [0.05, 0.1) is 5.54 Å². The van der Waals surface area contributed by atoms with E-state index in [-0.39, 0.29) is 11.7 Å². The zero-order valence-electron chi connectivity index (χ0n) is 12.8. The fourth-order valence-corrected chi connectivity index (χ4v) is 3.88. The highest BCUT2D eigenvalue weighted by molar-refractivity contribution is 7.99. The van der Waals surface area contributed by atoms with Crippen molar-refractivity contribution in [3.63, 3.8) is 0 Å². The van der Waals surface area contributed by atoms with Crippen LogP contribution in [0.3, 0.4) is 0 Å². The van der Waals surface area contributed by atoms with Crippen molar-refractivity contribution < 1.29 is 4.79 Å². The van der Waals surface area contributed by atoms with Gasteiger partial charge in [0.2, 0.25) is 5.91 Å². The number of thioether (sulfide) groups is 1. The van der Waals surface area contributed by atoms with Crippen molar-refractivity contribution in [2.75, 3.05) is 12.8 Å². The number of benzene rings is 1. The zero-order chi connectivity index (χ0) is 14.9. The molecule has 1 amide bonds. The van der Waals surface area contributed by atoms with Crippen LogP contribution in [0, 0.1) is 0 Å². The number of nitrogens with zero attached hydrogens (tertiary/aromatic N) is 1. The second kappa shape index (κ2) is 6.01. The minimum atomic E-state index is -0.293. The van der Waals surface area contributed by atoms with Crippen LogP contribution in [0.25, 0.3) is 0 Å². The molecule has 2 aliphatic rings. The van der Waals surface area contributed by atoms with Gasteiger partial charge < -0.3 is 4.90 Å². The summed E-state index contributed by atoms with van der Waals surface area (Å²) < 4.78 is 0.